The molecule has 0 heterocycles. The van der Waals surface area contributed by atoms with Crippen molar-refractivity contribution in [2.45, 2.75) is 0 Å². The minimum Gasteiger partial charge on any atom is -0.508 e. The Bertz CT molecular complexity index is 498. The highest BCUT2D eigenvalue weighted by molar-refractivity contribution is 5.70. The van der Waals surface area contributed by atoms with Crippen LogP contribution in [0.5, 0.6) is 11.5 Å². The molecule has 2 rings (SSSR count). The Morgan fingerprint density at radius 2 is 1.50 bits per heavy atom. The maximum absolute atomic E-state index is 9.25. The lowest BCUT2D eigenvalue weighted by Crippen LogP contribution is -1.73. The Balaban J connectivity index is 2.18. The van der Waals surface area contributed by atoms with E-state index in [-0.39, 0.29) is 11.5 Å². The number of aromatic hydroxyl groups is 2. The normalized spacial score (nSPS) is 10.8. The third-order valence-corrected chi connectivity index (χ3v) is 2.16. The van der Waals surface area contributed by atoms with Crippen molar-refractivity contribution in [3.63, 3.8) is 0 Å². The highest BCUT2D eigenvalue weighted by Crippen LogP contribution is 2.15. The molecule has 0 bridgehead atoms. The molecule has 0 spiro atoms. The average molecular weight is 211 g/mol. The summed E-state index contributed by atoms with van der Waals surface area (Å²) in [6, 6.07) is 14.7. The Kier molecular flexibility index (Phi) is 2.92. The molecule has 1 radical (unpaired) electrons. The predicted octanol–water partition coefficient (Wildman–Crippen LogP) is 3.07. The van der Waals surface area contributed by atoms with Crippen LogP contribution in [-0.2, 0) is 0 Å². The summed E-state index contributed by atoms with van der Waals surface area (Å²) in [5.41, 5.74) is 1.87. The lowest BCUT2D eigenvalue weighted by atomic mass is 10.1. The van der Waals surface area contributed by atoms with Crippen LogP contribution in [0.1, 0.15) is 11.1 Å². The van der Waals surface area contributed by atoms with E-state index in [0.717, 1.165) is 11.1 Å². The minimum absolute atomic E-state index is 0.202. The summed E-state index contributed by atoms with van der Waals surface area (Å²) < 4.78 is 0. The zero-order valence-electron chi connectivity index (χ0n) is 8.59. The summed E-state index contributed by atoms with van der Waals surface area (Å²) in [5.74, 6) is 0.454. The third-order valence-electron chi connectivity index (χ3n) is 2.16. The summed E-state index contributed by atoms with van der Waals surface area (Å²) in [5, 5.41) is 18.4. The van der Waals surface area contributed by atoms with Gasteiger partial charge in [-0.1, -0.05) is 24.3 Å². The molecule has 2 aromatic rings. The number of rotatable bonds is 2. The van der Waals surface area contributed by atoms with Gasteiger partial charge in [-0.05, 0) is 47.5 Å². The second-order valence-corrected chi connectivity index (χ2v) is 3.45. The molecule has 0 fully saturated rings. The molecule has 2 nitrogen and oxygen atoms in total. The minimum atomic E-state index is 0.202. The number of hydrogen-bond acceptors (Lipinski definition) is 2. The van der Waals surface area contributed by atoms with Crippen LogP contribution in [0.2, 0.25) is 0 Å². The largest absolute Gasteiger partial charge is 0.508 e. The van der Waals surface area contributed by atoms with E-state index in [9.17, 15) is 5.11 Å². The number of hydrogen-bond donors (Lipinski definition) is 2. The molecular weight excluding hydrogens is 200 g/mol. The van der Waals surface area contributed by atoms with Gasteiger partial charge in [-0.25, -0.2) is 0 Å². The molecule has 0 aromatic heterocycles. The van der Waals surface area contributed by atoms with Gasteiger partial charge < -0.3 is 10.2 Å². The van der Waals surface area contributed by atoms with Crippen LogP contribution >= 0.6 is 0 Å². The van der Waals surface area contributed by atoms with Crippen molar-refractivity contribution in [1.29, 1.82) is 0 Å². The molecule has 2 aromatic carbocycles. The third kappa shape index (κ3) is 2.64. The van der Waals surface area contributed by atoms with Crippen LogP contribution in [-0.4, -0.2) is 10.2 Å². The van der Waals surface area contributed by atoms with E-state index in [1.165, 1.54) is 6.07 Å². The van der Waals surface area contributed by atoms with Gasteiger partial charge in [0.25, 0.3) is 0 Å². The second-order valence-electron chi connectivity index (χ2n) is 3.45. The molecule has 2 N–H and O–H groups in total. The van der Waals surface area contributed by atoms with Crippen molar-refractivity contribution in [3.05, 3.63) is 59.7 Å². The SMILES string of the molecule is Oc1ccc(C=Cc2c[c]cc(O)c2)cc1. The van der Waals surface area contributed by atoms with E-state index in [0.29, 0.717) is 0 Å². The van der Waals surface area contributed by atoms with E-state index >= 15 is 0 Å². The summed E-state index contributed by atoms with van der Waals surface area (Å²) >= 11 is 0. The maximum Gasteiger partial charge on any atom is 0.116 e. The van der Waals surface area contributed by atoms with E-state index in [4.69, 9.17) is 5.11 Å². The molecule has 0 aliphatic carbocycles. The van der Waals surface area contributed by atoms with Crippen molar-refractivity contribution in [2.24, 2.45) is 0 Å². The molecule has 0 saturated heterocycles. The molecular formula is C14H11O2. The molecule has 0 aliphatic heterocycles. The van der Waals surface area contributed by atoms with Crippen molar-refractivity contribution in [2.75, 3.05) is 0 Å². The first-order chi connectivity index (χ1) is 7.74. The van der Waals surface area contributed by atoms with Crippen molar-refractivity contribution >= 4 is 12.2 Å². The van der Waals surface area contributed by atoms with Gasteiger partial charge >= 0.3 is 0 Å². The van der Waals surface area contributed by atoms with Gasteiger partial charge in [0.1, 0.15) is 11.5 Å². The molecule has 0 amide bonds. The molecule has 2 heteroatoms. The summed E-state index contributed by atoms with van der Waals surface area (Å²) in [7, 11) is 0. The van der Waals surface area contributed by atoms with Crippen LogP contribution in [0, 0.1) is 6.07 Å². The lowest BCUT2D eigenvalue weighted by molar-refractivity contribution is 0.474. The van der Waals surface area contributed by atoms with E-state index < -0.39 is 0 Å². The Labute approximate surface area is 94.1 Å². The first kappa shape index (κ1) is 10.3. The molecule has 16 heavy (non-hydrogen) atoms. The fourth-order valence-electron chi connectivity index (χ4n) is 1.35. The predicted molar refractivity (Wildman–Crippen MR) is 64.0 cm³/mol. The molecule has 0 atom stereocenters. The number of phenols is 2. The smallest absolute Gasteiger partial charge is 0.116 e. The van der Waals surface area contributed by atoms with Gasteiger partial charge in [-0.2, -0.15) is 0 Å². The Morgan fingerprint density at radius 3 is 2.19 bits per heavy atom. The fraction of sp³-hybridized carbons (Fsp3) is 0. The van der Waals surface area contributed by atoms with E-state index in [2.05, 4.69) is 6.07 Å². The van der Waals surface area contributed by atoms with Crippen LogP contribution < -0.4 is 0 Å². The quantitative estimate of drug-likeness (QED) is 0.749. The van der Waals surface area contributed by atoms with Crippen LogP contribution in [0.4, 0.5) is 0 Å². The topological polar surface area (TPSA) is 40.5 Å². The van der Waals surface area contributed by atoms with E-state index in [1.54, 1.807) is 24.3 Å². The highest BCUT2D eigenvalue weighted by Gasteiger charge is 1.91. The van der Waals surface area contributed by atoms with Gasteiger partial charge in [0, 0.05) is 0 Å². The summed E-state index contributed by atoms with van der Waals surface area (Å²) in [6.07, 6.45) is 3.78. The first-order valence-electron chi connectivity index (χ1n) is 4.91. The first-order valence-corrected chi connectivity index (χ1v) is 4.91. The lowest BCUT2D eigenvalue weighted by Gasteiger charge is -1.96. The average Bonchev–Trinajstić information content (AvgIpc) is 2.28. The van der Waals surface area contributed by atoms with Gasteiger partial charge in [0.15, 0.2) is 0 Å². The highest BCUT2D eigenvalue weighted by atomic mass is 16.3. The summed E-state index contributed by atoms with van der Waals surface area (Å²) in [6.45, 7) is 0. The second kappa shape index (κ2) is 4.53. The Hall–Kier alpha value is -2.22. The monoisotopic (exact) mass is 211 g/mol. The zero-order chi connectivity index (χ0) is 11.4. The van der Waals surface area contributed by atoms with Gasteiger partial charge in [-0.15, -0.1) is 0 Å². The van der Waals surface area contributed by atoms with Crippen LogP contribution in [0.3, 0.4) is 0 Å². The maximum atomic E-state index is 9.25. The van der Waals surface area contributed by atoms with Crippen molar-refractivity contribution < 1.29 is 10.2 Å². The zero-order valence-corrected chi connectivity index (χ0v) is 8.59. The number of benzene rings is 2. The fourth-order valence-corrected chi connectivity index (χ4v) is 1.35. The van der Waals surface area contributed by atoms with Crippen LogP contribution in [0.15, 0.2) is 42.5 Å². The standard InChI is InChI=1S/C14H11O2/c15-13-8-6-11(7-9-13)4-5-12-2-1-3-14(16)10-12/h2-10,15-16H. The van der Waals surface area contributed by atoms with Gasteiger partial charge in [0.2, 0.25) is 0 Å². The summed E-state index contributed by atoms with van der Waals surface area (Å²) in [4.78, 5) is 0. The van der Waals surface area contributed by atoms with Crippen molar-refractivity contribution in [1.82, 2.24) is 0 Å². The van der Waals surface area contributed by atoms with E-state index in [1.807, 2.05) is 24.3 Å². The molecule has 0 unspecified atom stereocenters. The van der Waals surface area contributed by atoms with Crippen molar-refractivity contribution in [3.8, 4) is 11.5 Å². The van der Waals surface area contributed by atoms with Gasteiger partial charge in [0.05, 0.1) is 0 Å². The Morgan fingerprint density at radius 1 is 0.812 bits per heavy atom. The molecule has 0 aliphatic rings. The molecule has 79 valence electrons. The van der Waals surface area contributed by atoms with Crippen LogP contribution in [0.25, 0.3) is 12.2 Å². The van der Waals surface area contributed by atoms with Gasteiger partial charge in [-0.3, -0.25) is 0 Å². The molecule has 0 saturated carbocycles. The number of phenolic OH excluding ortho intramolecular Hbond substituents is 2.